The fourth-order valence-electron chi connectivity index (χ4n) is 1.17. The highest BCUT2D eigenvalue weighted by molar-refractivity contribution is 7.78. The van der Waals surface area contributed by atoms with Crippen LogP contribution in [0.25, 0.3) is 0 Å². The summed E-state index contributed by atoms with van der Waals surface area (Å²) >= 11 is -1.19. The van der Waals surface area contributed by atoms with Crippen LogP contribution in [0.1, 0.15) is 0 Å². The van der Waals surface area contributed by atoms with Crippen molar-refractivity contribution in [3.05, 3.63) is 0 Å². The molecule has 0 aliphatic carbocycles. The summed E-state index contributed by atoms with van der Waals surface area (Å²) < 4.78 is 22.9. The van der Waals surface area contributed by atoms with E-state index in [2.05, 4.69) is 0 Å². The van der Waals surface area contributed by atoms with Crippen molar-refractivity contribution >= 4 is 11.3 Å². The lowest BCUT2D eigenvalue weighted by molar-refractivity contribution is 0.0386. The monoisotopic (exact) mass is 163 g/mol. The second-order valence-electron chi connectivity index (χ2n) is 2.37. The molecule has 0 saturated carbocycles. The molecule has 58 valence electrons. The van der Waals surface area contributed by atoms with Gasteiger partial charge in [-0.25, -0.2) is 4.21 Å². The fourth-order valence-corrected chi connectivity index (χ4v) is 2.17. The molecular formula is C5H9NO3S. The Kier molecular flexibility index (Phi) is 1.73. The number of morpholine rings is 1. The first-order valence-electron chi connectivity index (χ1n) is 3.27. The first-order chi connectivity index (χ1) is 4.88. The van der Waals surface area contributed by atoms with Crippen LogP contribution in [0.2, 0.25) is 0 Å². The minimum absolute atomic E-state index is 0.231. The van der Waals surface area contributed by atoms with Gasteiger partial charge >= 0.3 is 0 Å². The maximum Gasteiger partial charge on any atom is 0.237 e. The van der Waals surface area contributed by atoms with E-state index in [0.29, 0.717) is 19.8 Å². The van der Waals surface area contributed by atoms with E-state index in [1.54, 1.807) is 0 Å². The fraction of sp³-hybridized carbons (Fsp3) is 1.00. The van der Waals surface area contributed by atoms with Crippen molar-refractivity contribution < 1.29 is 13.1 Å². The average molecular weight is 163 g/mol. The van der Waals surface area contributed by atoms with E-state index in [4.69, 9.17) is 8.92 Å². The van der Waals surface area contributed by atoms with E-state index >= 15 is 0 Å². The molecule has 2 saturated heterocycles. The summed E-state index contributed by atoms with van der Waals surface area (Å²) in [5.74, 6) is 0. The van der Waals surface area contributed by atoms with Gasteiger partial charge in [0.25, 0.3) is 0 Å². The van der Waals surface area contributed by atoms with Gasteiger partial charge in [-0.15, -0.1) is 0 Å². The summed E-state index contributed by atoms with van der Waals surface area (Å²) in [4.78, 5) is 0. The van der Waals surface area contributed by atoms with Gasteiger partial charge in [0.05, 0.1) is 25.9 Å². The molecule has 2 fully saturated rings. The molecule has 5 heteroatoms. The summed E-state index contributed by atoms with van der Waals surface area (Å²) in [6.07, 6.45) is 0. The summed E-state index contributed by atoms with van der Waals surface area (Å²) in [6.45, 7) is 2.61. The lowest BCUT2D eigenvalue weighted by Gasteiger charge is -2.24. The largest absolute Gasteiger partial charge is 0.378 e. The molecule has 4 nitrogen and oxygen atoms in total. The second kappa shape index (κ2) is 2.58. The maximum atomic E-state index is 11.0. The van der Waals surface area contributed by atoms with Crippen LogP contribution < -0.4 is 0 Å². The highest BCUT2D eigenvalue weighted by Gasteiger charge is 2.34. The zero-order valence-electron chi connectivity index (χ0n) is 5.49. The zero-order valence-corrected chi connectivity index (χ0v) is 6.30. The molecule has 0 aromatic heterocycles. The predicted octanol–water partition coefficient (Wildman–Crippen LogP) is -0.704. The molecule has 10 heavy (non-hydrogen) atoms. The van der Waals surface area contributed by atoms with Crippen LogP contribution in [0.4, 0.5) is 0 Å². The van der Waals surface area contributed by atoms with Crippen molar-refractivity contribution in [1.29, 1.82) is 0 Å². The van der Waals surface area contributed by atoms with E-state index in [0.717, 1.165) is 6.54 Å². The summed E-state index contributed by atoms with van der Waals surface area (Å²) in [5, 5.41) is 0. The van der Waals surface area contributed by atoms with Gasteiger partial charge in [0.15, 0.2) is 0 Å². The van der Waals surface area contributed by atoms with Gasteiger partial charge in [-0.1, -0.05) is 0 Å². The topological polar surface area (TPSA) is 38.8 Å². The van der Waals surface area contributed by atoms with Gasteiger partial charge in [0.1, 0.15) is 0 Å². The van der Waals surface area contributed by atoms with Gasteiger partial charge in [-0.05, 0) is 0 Å². The number of hydrogen-bond donors (Lipinski definition) is 0. The third-order valence-corrected chi connectivity index (χ3v) is 2.93. The molecule has 2 heterocycles. The molecule has 2 atom stereocenters. The van der Waals surface area contributed by atoms with Crippen molar-refractivity contribution in [2.24, 2.45) is 0 Å². The third kappa shape index (κ3) is 0.989. The molecule has 0 N–H and O–H groups in total. The molecule has 0 bridgehead atoms. The Labute approximate surface area is 61.9 Å². The Morgan fingerprint density at radius 1 is 1.50 bits per heavy atom. The molecule has 0 amide bonds. The van der Waals surface area contributed by atoms with E-state index in [1.165, 1.54) is 0 Å². The molecule has 0 aromatic carbocycles. The predicted molar refractivity (Wildman–Crippen MR) is 35.4 cm³/mol. The van der Waals surface area contributed by atoms with Crippen LogP contribution in [0.15, 0.2) is 0 Å². The van der Waals surface area contributed by atoms with Crippen molar-refractivity contribution in [1.82, 2.24) is 4.31 Å². The van der Waals surface area contributed by atoms with Gasteiger partial charge < -0.3 is 4.74 Å². The van der Waals surface area contributed by atoms with Gasteiger partial charge in [0.2, 0.25) is 11.3 Å². The van der Waals surface area contributed by atoms with Crippen LogP contribution in [0.5, 0.6) is 0 Å². The van der Waals surface area contributed by atoms with E-state index in [-0.39, 0.29) is 6.04 Å². The van der Waals surface area contributed by atoms with E-state index in [9.17, 15) is 4.21 Å². The van der Waals surface area contributed by atoms with Crippen molar-refractivity contribution in [3.63, 3.8) is 0 Å². The Hall–Kier alpha value is 0.0300. The molecule has 2 aliphatic heterocycles. The normalized spacial score (nSPS) is 41.6. The Morgan fingerprint density at radius 2 is 2.40 bits per heavy atom. The molecule has 1 unspecified atom stereocenters. The quantitative estimate of drug-likeness (QED) is 0.474. The molecule has 0 aromatic rings. The summed E-state index contributed by atoms with van der Waals surface area (Å²) in [7, 11) is 0. The number of nitrogens with zero attached hydrogens (tertiary/aromatic N) is 1. The summed E-state index contributed by atoms with van der Waals surface area (Å²) in [5.41, 5.74) is 0. The highest BCUT2D eigenvalue weighted by Crippen LogP contribution is 2.17. The molecule has 2 rings (SSSR count). The van der Waals surface area contributed by atoms with Crippen molar-refractivity contribution in [2.75, 3.05) is 26.4 Å². The molecule has 2 aliphatic rings. The number of rotatable bonds is 0. The lowest BCUT2D eigenvalue weighted by atomic mass is 10.3. The van der Waals surface area contributed by atoms with Gasteiger partial charge in [0, 0.05) is 6.54 Å². The van der Waals surface area contributed by atoms with Crippen LogP contribution in [-0.2, 0) is 20.2 Å². The zero-order chi connectivity index (χ0) is 6.97. The smallest absolute Gasteiger partial charge is 0.237 e. The third-order valence-electron chi connectivity index (χ3n) is 1.73. The van der Waals surface area contributed by atoms with Crippen LogP contribution in [-0.4, -0.2) is 40.9 Å². The van der Waals surface area contributed by atoms with E-state index in [1.807, 2.05) is 4.31 Å². The Bertz CT molecular complexity index is 163. The minimum atomic E-state index is -1.19. The van der Waals surface area contributed by atoms with Crippen LogP contribution >= 0.6 is 0 Å². The summed E-state index contributed by atoms with van der Waals surface area (Å²) in [6, 6.07) is 0.231. The van der Waals surface area contributed by atoms with Crippen molar-refractivity contribution in [2.45, 2.75) is 6.04 Å². The van der Waals surface area contributed by atoms with E-state index < -0.39 is 11.3 Å². The first kappa shape index (κ1) is 6.72. The van der Waals surface area contributed by atoms with Crippen LogP contribution in [0, 0.1) is 0 Å². The lowest BCUT2D eigenvalue weighted by Crippen LogP contribution is -2.42. The molecular weight excluding hydrogens is 154 g/mol. The molecule has 0 radical (unpaired) electrons. The van der Waals surface area contributed by atoms with Crippen molar-refractivity contribution in [3.8, 4) is 0 Å². The standard InChI is InChI=1S/C5H9NO3S/c7-10-6-1-2-8-3-5(6)4-9-10/h5H,1-4H2/t5-,10?/m0/s1. The minimum Gasteiger partial charge on any atom is -0.378 e. The Balaban J connectivity index is 2.08. The first-order valence-corrected chi connectivity index (χ1v) is 4.30. The number of ether oxygens (including phenoxy) is 1. The van der Waals surface area contributed by atoms with Gasteiger partial charge in [-0.2, -0.15) is 4.31 Å². The number of hydrogen-bond acceptors (Lipinski definition) is 3. The SMILES string of the molecule is O=S1OC[C@@H]2COCCN21. The molecule has 0 spiro atoms. The Morgan fingerprint density at radius 3 is 3.20 bits per heavy atom. The number of fused-ring (bicyclic) bond motifs is 1. The van der Waals surface area contributed by atoms with Gasteiger partial charge in [-0.3, -0.25) is 4.18 Å². The van der Waals surface area contributed by atoms with Crippen LogP contribution in [0.3, 0.4) is 0 Å². The maximum absolute atomic E-state index is 11.0. The second-order valence-corrected chi connectivity index (χ2v) is 3.51. The highest BCUT2D eigenvalue weighted by atomic mass is 32.2. The average Bonchev–Trinajstić information content (AvgIpc) is 2.34.